The minimum atomic E-state index is -0.349. The summed E-state index contributed by atoms with van der Waals surface area (Å²) >= 11 is 0. The Kier molecular flexibility index (Phi) is 2.96. The van der Waals surface area contributed by atoms with Gasteiger partial charge in [0.1, 0.15) is 5.60 Å². The summed E-state index contributed by atoms with van der Waals surface area (Å²) in [5, 5.41) is 0. The van der Waals surface area contributed by atoms with Crippen LogP contribution >= 0.6 is 0 Å². The Labute approximate surface area is 80.1 Å². The third-order valence-electron chi connectivity index (χ3n) is 2.13. The fourth-order valence-corrected chi connectivity index (χ4v) is 1.51. The SMILES string of the molecule is CN1CC[C@H](C(=O)OC(C)(C)C)C1. The number of esters is 1. The maximum Gasteiger partial charge on any atom is 0.310 e. The molecule has 0 N–H and O–H groups in total. The van der Waals surface area contributed by atoms with Crippen LogP contribution in [0.2, 0.25) is 0 Å². The maximum absolute atomic E-state index is 11.6. The van der Waals surface area contributed by atoms with Crippen LogP contribution in [-0.2, 0) is 9.53 Å². The van der Waals surface area contributed by atoms with Gasteiger partial charge in [-0.05, 0) is 40.8 Å². The van der Waals surface area contributed by atoms with E-state index in [9.17, 15) is 4.79 Å². The average molecular weight is 185 g/mol. The predicted octanol–water partition coefficient (Wildman–Crippen LogP) is 1.28. The minimum absolute atomic E-state index is 0.0446. The van der Waals surface area contributed by atoms with Gasteiger partial charge in [0.25, 0.3) is 0 Å². The smallest absolute Gasteiger partial charge is 0.310 e. The van der Waals surface area contributed by atoms with Crippen molar-refractivity contribution >= 4 is 5.97 Å². The minimum Gasteiger partial charge on any atom is -0.460 e. The number of nitrogens with zero attached hydrogens (tertiary/aromatic N) is 1. The number of ether oxygens (including phenoxy) is 1. The first-order chi connectivity index (χ1) is 5.88. The van der Waals surface area contributed by atoms with Crippen molar-refractivity contribution in [2.45, 2.75) is 32.8 Å². The molecule has 0 aromatic carbocycles. The molecular formula is C10H19NO2. The summed E-state index contributed by atoms with van der Waals surface area (Å²) < 4.78 is 5.30. The van der Waals surface area contributed by atoms with Crippen molar-refractivity contribution in [1.29, 1.82) is 0 Å². The number of hydrogen-bond donors (Lipinski definition) is 0. The van der Waals surface area contributed by atoms with E-state index in [0.717, 1.165) is 19.5 Å². The fraction of sp³-hybridized carbons (Fsp3) is 0.900. The summed E-state index contributed by atoms with van der Waals surface area (Å²) in [6.45, 7) is 7.56. The lowest BCUT2D eigenvalue weighted by molar-refractivity contribution is -0.159. The summed E-state index contributed by atoms with van der Waals surface area (Å²) in [7, 11) is 2.03. The van der Waals surface area contributed by atoms with E-state index in [-0.39, 0.29) is 17.5 Å². The van der Waals surface area contributed by atoms with Crippen LogP contribution in [0, 0.1) is 5.92 Å². The number of carbonyl (C=O) groups excluding carboxylic acids is 1. The molecule has 1 atom stereocenters. The van der Waals surface area contributed by atoms with E-state index in [0.29, 0.717) is 0 Å². The van der Waals surface area contributed by atoms with E-state index >= 15 is 0 Å². The van der Waals surface area contributed by atoms with Gasteiger partial charge in [-0.25, -0.2) is 0 Å². The molecule has 0 aliphatic carbocycles. The van der Waals surface area contributed by atoms with Crippen LogP contribution in [0.15, 0.2) is 0 Å². The molecule has 13 heavy (non-hydrogen) atoms. The summed E-state index contributed by atoms with van der Waals surface area (Å²) in [5.74, 6) is 0.0427. The Morgan fingerprint density at radius 2 is 2.08 bits per heavy atom. The normalized spacial score (nSPS) is 24.8. The molecule has 0 aromatic rings. The second-order valence-corrected chi connectivity index (χ2v) is 4.78. The van der Waals surface area contributed by atoms with Crippen LogP contribution in [0.3, 0.4) is 0 Å². The average Bonchev–Trinajstić information content (AvgIpc) is 2.31. The quantitative estimate of drug-likeness (QED) is 0.576. The molecule has 0 saturated carbocycles. The lowest BCUT2D eigenvalue weighted by atomic mass is 10.1. The van der Waals surface area contributed by atoms with E-state index in [2.05, 4.69) is 4.90 Å². The zero-order valence-corrected chi connectivity index (χ0v) is 8.96. The molecule has 0 amide bonds. The molecule has 0 unspecified atom stereocenters. The molecule has 1 saturated heterocycles. The van der Waals surface area contributed by atoms with Crippen LogP contribution in [0.4, 0.5) is 0 Å². The van der Waals surface area contributed by atoms with Gasteiger partial charge in [0.15, 0.2) is 0 Å². The molecule has 0 aromatic heterocycles. The Hall–Kier alpha value is -0.570. The van der Waals surface area contributed by atoms with E-state index < -0.39 is 0 Å². The molecule has 1 aliphatic rings. The van der Waals surface area contributed by atoms with Gasteiger partial charge in [0.2, 0.25) is 0 Å². The summed E-state index contributed by atoms with van der Waals surface area (Å²) in [5.41, 5.74) is -0.349. The third-order valence-corrected chi connectivity index (χ3v) is 2.13. The Morgan fingerprint density at radius 3 is 2.46 bits per heavy atom. The van der Waals surface area contributed by atoms with Crippen molar-refractivity contribution in [3.63, 3.8) is 0 Å². The second kappa shape index (κ2) is 3.66. The Balaban J connectivity index is 2.41. The predicted molar refractivity (Wildman–Crippen MR) is 51.4 cm³/mol. The molecule has 1 fully saturated rings. The standard InChI is InChI=1S/C10H19NO2/c1-10(2,3)13-9(12)8-5-6-11(4)7-8/h8H,5-7H2,1-4H3/t8-/m0/s1. The largest absolute Gasteiger partial charge is 0.460 e. The van der Waals surface area contributed by atoms with Gasteiger partial charge < -0.3 is 9.64 Å². The van der Waals surface area contributed by atoms with Gasteiger partial charge in [-0.2, -0.15) is 0 Å². The van der Waals surface area contributed by atoms with Crippen molar-refractivity contribution in [2.75, 3.05) is 20.1 Å². The highest BCUT2D eigenvalue weighted by atomic mass is 16.6. The molecule has 1 rings (SSSR count). The zero-order chi connectivity index (χ0) is 10.1. The first kappa shape index (κ1) is 10.5. The lowest BCUT2D eigenvalue weighted by Gasteiger charge is -2.21. The number of rotatable bonds is 1. The van der Waals surface area contributed by atoms with Crippen molar-refractivity contribution in [3.8, 4) is 0 Å². The van der Waals surface area contributed by atoms with Gasteiger partial charge in [-0.1, -0.05) is 0 Å². The van der Waals surface area contributed by atoms with Gasteiger partial charge in [-0.3, -0.25) is 4.79 Å². The maximum atomic E-state index is 11.6. The summed E-state index contributed by atoms with van der Waals surface area (Å²) in [6.07, 6.45) is 0.936. The van der Waals surface area contributed by atoms with Crippen LogP contribution < -0.4 is 0 Å². The van der Waals surface area contributed by atoms with Gasteiger partial charge in [0, 0.05) is 6.54 Å². The molecule has 0 radical (unpaired) electrons. The molecule has 1 aliphatic heterocycles. The molecular weight excluding hydrogens is 166 g/mol. The highest BCUT2D eigenvalue weighted by Gasteiger charge is 2.29. The summed E-state index contributed by atoms with van der Waals surface area (Å²) in [6, 6.07) is 0. The first-order valence-corrected chi connectivity index (χ1v) is 4.80. The molecule has 3 heteroatoms. The fourth-order valence-electron chi connectivity index (χ4n) is 1.51. The summed E-state index contributed by atoms with van der Waals surface area (Å²) in [4.78, 5) is 13.7. The number of carbonyl (C=O) groups is 1. The van der Waals surface area contributed by atoms with Crippen LogP contribution in [-0.4, -0.2) is 36.6 Å². The van der Waals surface area contributed by atoms with Crippen molar-refractivity contribution in [1.82, 2.24) is 4.90 Å². The van der Waals surface area contributed by atoms with E-state index in [1.54, 1.807) is 0 Å². The zero-order valence-electron chi connectivity index (χ0n) is 8.96. The van der Waals surface area contributed by atoms with E-state index in [1.165, 1.54) is 0 Å². The Bertz CT molecular complexity index is 196. The number of hydrogen-bond acceptors (Lipinski definition) is 3. The van der Waals surface area contributed by atoms with Crippen molar-refractivity contribution in [3.05, 3.63) is 0 Å². The van der Waals surface area contributed by atoms with Crippen molar-refractivity contribution in [2.24, 2.45) is 5.92 Å². The topological polar surface area (TPSA) is 29.5 Å². The van der Waals surface area contributed by atoms with Gasteiger partial charge in [0.05, 0.1) is 5.92 Å². The van der Waals surface area contributed by atoms with Gasteiger partial charge >= 0.3 is 5.97 Å². The molecule has 0 spiro atoms. The first-order valence-electron chi connectivity index (χ1n) is 4.80. The molecule has 1 heterocycles. The monoisotopic (exact) mass is 185 g/mol. The highest BCUT2D eigenvalue weighted by molar-refractivity contribution is 5.73. The Morgan fingerprint density at radius 1 is 1.46 bits per heavy atom. The van der Waals surface area contributed by atoms with Crippen LogP contribution in [0.25, 0.3) is 0 Å². The molecule has 0 bridgehead atoms. The van der Waals surface area contributed by atoms with E-state index in [1.807, 2.05) is 27.8 Å². The van der Waals surface area contributed by atoms with Crippen molar-refractivity contribution < 1.29 is 9.53 Å². The third kappa shape index (κ3) is 3.35. The molecule has 76 valence electrons. The lowest BCUT2D eigenvalue weighted by Crippen LogP contribution is -2.29. The number of likely N-dealkylation sites (tertiary alicyclic amines) is 1. The second-order valence-electron chi connectivity index (χ2n) is 4.78. The van der Waals surface area contributed by atoms with Gasteiger partial charge in [-0.15, -0.1) is 0 Å². The van der Waals surface area contributed by atoms with Crippen LogP contribution in [0.5, 0.6) is 0 Å². The van der Waals surface area contributed by atoms with E-state index in [4.69, 9.17) is 4.74 Å². The highest BCUT2D eigenvalue weighted by Crippen LogP contribution is 2.19. The van der Waals surface area contributed by atoms with Crippen LogP contribution in [0.1, 0.15) is 27.2 Å². The molecule has 3 nitrogen and oxygen atoms in total.